The van der Waals surface area contributed by atoms with Crippen LogP contribution >= 0.6 is 0 Å². The summed E-state index contributed by atoms with van der Waals surface area (Å²) < 4.78 is 33.6. The van der Waals surface area contributed by atoms with Crippen molar-refractivity contribution < 1.29 is 17.6 Å². The summed E-state index contributed by atoms with van der Waals surface area (Å²) >= 11 is 0. The normalized spacial score (nSPS) is 18.5. The molecule has 2 saturated heterocycles. The Morgan fingerprint density at radius 1 is 1.09 bits per heavy atom. The first-order chi connectivity index (χ1) is 15.8. The topological polar surface area (TPSA) is 83.7 Å². The second kappa shape index (κ2) is 8.57. The largest absolute Gasteiger partial charge is 0.462 e. The average molecular weight is 468 g/mol. The van der Waals surface area contributed by atoms with Gasteiger partial charge in [0.05, 0.1) is 12.7 Å². The van der Waals surface area contributed by atoms with Gasteiger partial charge in [0.1, 0.15) is 10.8 Å². The highest BCUT2D eigenvalue weighted by atomic mass is 32.2. The minimum atomic E-state index is -3.42. The summed E-state index contributed by atoms with van der Waals surface area (Å²) in [5.41, 5.74) is 5.93. The number of furan rings is 1. The molecule has 33 heavy (non-hydrogen) atoms. The quantitative estimate of drug-likeness (QED) is 0.574. The zero-order chi connectivity index (χ0) is 23.2. The lowest BCUT2D eigenvalue weighted by molar-refractivity contribution is -0.133. The molecular weight excluding hydrogens is 438 g/mol. The Hall–Kier alpha value is -2.71. The third-order valence-electron chi connectivity index (χ3n) is 7.21. The fraction of sp³-hybridized carbons (Fsp3) is 0.440. The second-order valence-corrected chi connectivity index (χ2v) is 11.4. The van der Waals surface area contributed by atoms with E-state index in [0.717, 1.165) is 46.2 Å². The van der Waals surface area contributed by atoms with Gasteiger partial charge in [0.15, 0.2) is 5.58 Å². The number of carbonyl (C=O) groups is 1. The predicted octanol–water partition coefficient (Wildman–Crippen LogP) is 3.41. The minimum absolute atomic E-state index is 0.00288. The molecule has 1 amide bonds. The number of pyridine rings is 1. The van der Waals surface area contributed by atoms with Gasteiger partial charge in [-0.1, -0.05) is 18.2 Å². The Morgan fingerprint density at radius 2 is 1.79 bits per heavy atom. The number of piperidine rings is 1. The van der Waals surface area contributed by atoms with Gasteiger partial charge < -0.3 is 9.32 Å². The van der Waals surface area contributed by atoms with E-state index in [0.29, 0.717) is 19.5 Å². The van der Waals surface area contributed by atoms with E-state index in [1.165, 1.54) is 0 Å². The number of hydrogen-bond donors (Lipinski definition) is 0. The van der Waals surface area contributed by atoms with Gasteiger partial charge in [-0.15, -0.1) is 0 Å². The molecule has 0 radical (unpaired) electrons. The van der Waals surface area contributed by atoms with Crippen LogP contribution in [0, 0.1) is 13.8 Å². The van der Waals surface area contributed by atoms with Crippen LogP contribution < -0.4 is 0 Å². The summed E-state index contributed by atoms with van der Waals surface area (Å²) in [5.74, 6) is 0.237. The van der Waals surface area contributed by atoms with Crippen LogP contribution in [0.5, 0.6) is 0 Å². The predicted molar refractivity (Wildman–Crippen MR) is 126 cm³/mol. The summed E-state index contributed by atoms with van der Waals surface area (Å²) in [6.07, 6.45) is 5.32. The summed E-state index contributed by atoms with van der Waals surface area (Å²) in [6, 6.07) is 9.74. The maximum atomic E-state index is 13.2. The van der Waals surface area contributed by atoms with Crippen molar-refractivity contribution in [1.82, 2.24) is 14.2 Å². The van der Waals surface area contributed by atoms with Crippen LogP contribution in [0.3, 0.4) is 0 Å². The van der Waals surface area contributed by atoms with Crippen LogP contribution in [-0.4, -0.2) is 59.9 Å². The molecule has 2 aromatic heterocycles. The molecule has 0 saturated carbocycles. The van der Waals surface area contributed by atoms with Crippen molar-refractivity contribution in [2.24, 2.45) is 0 Å². The van der Waals surface area contributed by atoms with Crippen molar-refractivity contribution in [1.29, 1.82) is 0 Å². The fourth-order valence-corrected chi connectivity index (χ4v) is 6.91. The number of hydrogen-bond acceptors (Lipinski definition) is 5. The summed E-state index contributed by atoms with van der Waals surface area (Å²) in [7, 11) is -3.42. The number of sulfonamides is 1. The van der Waals surface area contributed by atoms with E-state index in [1.807, 2.05) is 44.2 Å². The number of aromatic nitrogens is 1. The second-order valence-electron chi connectivity index (χ2n) is 9.23. The molecular formula is C25H29N3O4S. The van der Waals surface area contributed by atoms with Gasteiger partial charge in [-0.25, -0.2) is 12.7 Å². The first-order valence-electron chi connectivity index (χ1n) is 11.5. The van der Waals surface area contributed by atoms with Gasteiger partial charge in [0.25, 0.3) is 0 Å². The number of carbonyl (C=O) groups excluding carboxylic acids is 1. The highest BCUT2D eigenvalue weighted by Gasteiger charge is 2.43. The molecule has 2 aliphatic rings. The first-order valence-corrected chi connectivity index (χ1v) is 13.0. The number of likely N-dealkylation sites (tertiary alicyclic amines) is 1. The standard InChI is InChI=1S/C25H29N3O4S/c1-17-5-3-6-18(2)21(17)13-24(29)27-14-20(15-27)33(30,31)28-11-8-19(9-12-28)22-16-32-23-7-4-10-26-25(22)23/h3-7,10,16,19-20H,8-9,11-15H2,1-2H3. The maximum Gasteiger partial charge on any atom is 0.227 e. The van der Waals surface area contributed by atoms with Crippen LogP contribution in [0.15, 0.2) is 47.2 Å². The Bertz CT molecular complexity index is 1270. The van der Waals surface area contributed by atoms with Gasteiger partial charge in [-0.05, 0) is 61.4 Å². The highest BCUT2D eigenvalue weighted by molar-refractivity contribution is 7.89. The van der Waals surface area contributed by atoms with Crippen LogP contribution in [-0.2, 0) is 21.2 Å². The zero-order valence-corrected chi connectivity index (χ0v) is 19.8. The lowest BCUT2D eigenvalue weighted by atomic mass is 9.91. The van der Waals surface area contributed by atoms with E-state index in [1.54, 1.807) is 21.7 Å². The number of rotatable bonds is 5. The van der Waals surface area contributed by atoms with Gasteiger partial charge in [-0.2, -0.15) is 0 Å². The number of benzene rings is 1. The number of amides is 1. The Kier molecular flexibility index (Phi) is 5.74. The molecule has 0 aliphatic carbocycles. The van der Waals surface area contributed by atoms with Gasteiger partial charge in [0.2, 0.25) is 15.9 Å². The van der Waals surface area contributed by atoms with Crippen LogP contribution in [0.1, 0.15) is 41.0 Å². The molecule has 0 N–H and O–H groups in total. The van der Waals surface area contributed by atoms with E-state index < -0.39 is 15.3 Å². The van der Waals surface area contributed by atoms with Crippen LogP contribution in [0.2, 0.25) is 0 Å². The van der Waals surface area contributed by atoms with Gasteiger partial charge >= 0.3 is 0 Å². The first kappa shape index (κ1) is 22.1. The third kappa shape index (κ3) is 4.06. The number of fused-ring (bicyclic) bond motifs is 1. The molecule has 5 rings (SSSR count). The summed E-state index contributed by atoms with van der Waals surface area (Å²) in [4.78, 5) is 18.8. The lowest BCUT2D eigenvalue weighted by Crippen LogP contribution is -2.60. The molecule has 2 fully saturated rings. The van der Waals surface area contributed by atoms with Crippen molar-refractivity contribution in [3.63, 3.8) is 0 Å². The minimum Gasteiger partial charge on any atom is -0.462 e. The van der Waals surface area contributed by atoms with E-state index >= 15 is 0 Å². The number of aryl methyl sites for hydroxylation is 2. The summed E-state index contributed by atoms with van der Waals surface area (Å²) in [6.45, 7) is 5.54. The monoisotopic (exact) mass is 467 g/mol. The van der Waals surface area contributed by atoms with E-state index in [2.05, 4.69) is 4.98 Å². The molecule has 174 valence electrons. The molecule has 2 aliphatic heterocycles. The fourth-order valence-electron chi connectivity index (χ4n) is 5.03. The molecule has 0 atom stereocenters. The lowest BCUT2D eigenvalue weighted by Gasteiger charge is -2.42. The van der Waals surface area contributed by atoms with E-state index in [9.17, 15) is 13.2 Å². The third-order valence-corrected chi connectivity index (χ3v) is 9.43. The van der Waals surface area contributed by atoms with Crippen molar-refractivity contribution in [3.8, 4) is 0 Å². The Labute approximate surface area is 194 Å². The molecule has 0 bridgehead atoms. The van der Waals surface area contributed by atoms with Crippen LogP contribution in [0.25, 0.3) is 11.1 Å². The van der Waals surface area contributed by atoms with Gasteiger partial charge in [-0.3, -0.25) is 9.78 Å². The highest BCUT2D eigenvalue weighted by Crippen LogP contribution is 2.35. The van der Waals surface area contributed by atoms with Gasteiger partial charge in [0, 0.05) is 37.9 Å². The Balaban J connectivity index is 1.17. The van der Waals surface area contributed by atoms with Crippen molar-refractivity contribution in [2.75, 3.05) is 26.2 Å². The summed E-state index contributed by atoms with van der Waals surface area (Å²) in [5, 5.41) is -0.507. The van der Waals surface area contributed by atoms with E-state index in [-0.39, 0.29) is 24.9 Å². The molecule has 1 aromatic carbocycles. The van der Waals surface area contributed by atoms with Crippen LogP contribution in [0.4, 0.5) is 0 Å². The van der Waals surface area contributed by atoms with Crippen molar-refractivity contribution in [3.05, 3.63) is 65.0 Å². The average Bonchev–Trinajstić information content (AvgIpc) is 3.19. The molecule has 0 unspecified atom stereocenters. The molecule has 4 heterocycles. The SMILES string of the molecule is Cc1cccc(C)c1CC(=O)N1CC(S(=O)(=O)N2CCC(c3coc4cccnc34)CC2)C1. The zero-order valence-electron chi connectivity index (χ0n) is 19.0. The van der Waals surface area contributed by atoms with Crippen molar-refractivity contribution in [2.45, 2.75) is 44.3 Å². The number of nitrogens with zero attached hydrogens (tertiary/aromatic N) is 3. The van der Waals surface area contributed by atoms with Crippen molar-refractivity contribution >= 4 is 27.0 Å². The maximum absolute atomic E-state index is 13.2. The molecule has 0 spiro atoms. The molecule has 3 aromatic rings. The smallest absolute Gasteiger partial charge is 0.227 e. The van der Waals surface area contributed by atoms with E-state index in [4.69, 9.17) is 4.42 Å². The molecule has 7 nitrogen and oxygen atoms in total. The Morgan fingerprint density at radius 3 is 2.48 bits per heavy atom. The molecule has 8 heteroatoms.